The third kappa shape index (κ3) is 6.45. The minimum absolute atomic E-state index is 0.213. The van der Waals surface area contributed by atoms with Crippen LogP contribution in [0.2, 0.25) is 0 Å². The number of carbonyl (C=O) groups is 2. The Hall–Kier alpha value is -3.26. The van der Waals surface area contributed by atoms with Crippen LogP contribution in [-0.2, 0) is 30.9 Å². The molecule has 35 heavy (non-hydrogen) atoms. The van der Waals surface area contributed by atoms with Crippen LogP contribution in [0.25, 0.3) is 0 Å². The maximum Gasteiger partial charge on any atom is 0.327 e. The summed E-state index contributed by atoms with van der Waals surface area (Å²) < 4.78 is 26.3. The van der Waals surface area contributed by atoms with Gasteiger partial charge in [-0.15, -0.1) is 0 Å². The molecule has 0 unspecified atom stereocenters. The van der Waals surface area contributed by atoms with Crippen molar-refractivity contribution in [3.05, 3.63) is 53.1 Å². The normalized spacial score (nSPS) is 11.2. The number of methoxy groups -OCH3 is 5. The predicted octanol–water partition coefficient (Wildman–Crippen LogP) is 3.56. The van der Waals surface area contributed by atoms with Gasteiger partial charge in [0.1, 0.15) is 5.75 Å². The van der Waals surface area contributed by atoms with Crippen molar-refractivity contribution >= 4 is 11.9 Å². The summed E-state index contributed by atoms with van der Waals surface area (Å²) >= 11 is 0. The van der Waals surface area contributed by atoms with Gasteiger partial charge in [-0.3, -0.25) is 9.59 Å². The number of rotatable bonds is 13. The number of esters is 2. The minimum Gasteiger partial charge on any atom is -0.496 e. The van der Waals surface area contributed by atoms with Crippen molar-refractivity contribution in [2.75, 3.05) is 55.7 Å². The molecule has 2 aromatic rings. The van der Waals surface area contributed by atoms with Crippen LogP contribution in [0.1, 0.15) is 29.5 Å². The number of hydrogen-bond acceptors (Lipinski definition) is 8. The van der Waals surface area contributed by atoms with Crippen LogP contribution in [0.15, 0.2) is 36.4 Å². The fourth-order valence-corrected chi connectivity index (χ4v) is 4.18. The van der Waals surface area contributed by atoms with Crippen LogP contribution in [0.5, 0.6) is 17.2 Å². The second-order valence-corrected chi connectivity index (χ2v) is 8.42. The summed E-state index contributed by atoms with van der Waals surface area (Å²) in [5.41, 5.74) is 1.10. The van der Waals surface area contributed by atoms with Crippen LogP contribution in [-0.4, -0.2) is 72.5 Å². The van der Waals surface area contributed by atoms with Gasteiger partial charge in [-0.2, -0.15) is 0 Å². The maximum absolute atomic E-state index is 13.0. The second-order valence-electron chi connectivity index (χ2n) is 8.42. The van der Waals surface area contributed by atoms with E-state index in [2.05, 4.69) is 23.1 Å². The Balaban J connectivity index is 2.18. The molecule has 2 aromatic carbocycles. The van der Waals surface area contributed by atoms with Crippen LogP contribution in [0.3, 0.4) is 0 Å². The fraction of sp³-hybridized carbons (Fsp3) is 0.481. The molecule has 0 saturated heterocycles. The Labute approximate surface area is 208 Å². The molecule has 0 heterocycles. The quantitative estimate of drug-likeness (QED) is 0.313. The predicted molar refractivity (Wildman–Crippen MR) is 133 cm³/mol. The third-order valence-electron chi connectivity index (χ3n) is 6.29. The lowest BCUT2D eigenvalue weighted by Gasteiger charge is -2.30. The van der Waals surface area contributed by atoms with Crippen molar-refractivity contribution in [1.82, 2.24) is 4.90 Å². The van der Waals surface area contributed by atoms with Gasteiger partial charge in [0.2, 0.25) is 0 Å². The van der Waals surface area contributed by atoms with Crippen molar-refractivity contribution in [1.29, 1.82) is 0 Å². The lowest BCUT2D eigenvalue weighted by Crippen LogP contribution is -2.46. The van der Waals surface area contributed by atoms with Crippen LogP contribution < -0.4 is 14.2 Å². The molecule has 2 rings (SSSR count). The number of aryl methyl sites for hydroxylation is 1. The number of likely N-dealkylation sites (N-methyl/N-ethyl adjacent to an activating group) is 1. The Morgan fingerprint density at radius 2 is 1.43 bits per heavy atom. The molecule has 0 saturated carbocycles. The highest BCUT2D eigenvalue weighted by atomic mass is 16.5. The Morgan fingerprint density at radius 1 is 0.800 bits per heavy atom. The van der Waals surface area contributed by atoms with E-state index in [1.165, 1.54) is 34.0 Å². The molecule has 8 nitrogen and oxygen atoms in total. The van der Waals surface area contributed by atoms with E-state index < -0.39 is 17.4 Å². The zero-order valence-corrected chi connectivity index (χ0v) is 21.8. The highest BCUT2D eigenvalue weighted by molar-refractivity contribution is 6.06. The minimum atomic E-state index is -1.62. The number of benzene rings is 2. The Morgan fingerprint density at radius 3 is 2.00 bits per heavy atom. The van der Waals surface area contributed by atoms with E-state index in [0.29, 0.717) is 30.0 Å². The molecular weight excluding hydrogens is 450 g/mol. The number of ether oxygens (including phenoxy) is 5. The molecule has 0 radical (unpaired) electrons. The monoisotopic (exact) mass is 487 g/mol. The van der Waals surface area contributed by atoms with E-state index in [1.807, 2.05) is 14.0 Å². The summed E-state index contributed by atoms with van der Waals surface area (Å²) in [4.78, 5) is 28.3. The fourth-order valence-electron chi connectivity index (χ4n) is 4.18. The van der Waals surface area contributed by atoms with Crippen molar-refractivity contribution in [3.8, 4) is 17.2 Å². The Bertz CT molecular complexity index is 989. The van der Waals surface area contributed by atoms with E-state index in [1.54, 1.807) is 25.3 Å². The number of hydrogen-bond donors (Lipinski definition) is 0. The molecular formula is C27H37NO7. The number of nitrogens with zero attached hydrogens (tertiary/aromatic N) is 1. The molecule has 0 aliphatic rings. The maximum atomic E-state index is 13.0. The Kier molecular flexibility index (Phi) is 10.4. The molecule has 0 aliphatic carbocycles. The standard InChI is InChI=1S/C27H37NO7/c1-19-9-10-20(17-23(19)32-4)13-16-28(2)15-8-14-27(25(29)34-6,26(30)35-7)21-11-12-22(31-3)24(18-21)33-5/h9-12,17-18H,8,13-16H2,1-7H3. The molecule has 8 heteroatoms. The summed E-state index contributed by atoms with van der Waals surface area (Å²) in [6.45, 7) is 3.50. The average Bonchev–Trinajstić information content (AvgIpc) is 2.89. The topological polar surface area (TPSA) is 83.5 Å². The molecule has 0 atom stereocenters. The summed E-state index contributed by atoms with van der Waals surface area (Å²) in [5.74, 6) is 0.429. The lowest BCUT2D eigenvalue weighted by atomic mass is 9.76. The molecule has 0 fully saturated rings. The molecule has 192 valence electrons. The largest absolute Gasteiger partial charge is 0.496 e. The molecule has 0 aliphatic heterocycles. The van der Waals surface area contributed by atoms with Gasteiger partial charge in [-0.1, -0.05) is 18.2 Å². The zero-order chi connectivity index (χ0) is 26.0. The van der Waals surface area contributed by atoms with Gasteiger partial charge in [-0.05, 0) is 74.7 Å². The molecule has 0 amide bonds. The average molecular weight is 488 g/mol. The van der Waals surface area contributed by atoms with Gasteiger partial charge in [0.15, 0.2) is 16.9 Å². The van der Waals surface area contributed by atoms with Gasteiger partial charge in [-0.25, -0.2) is 0 Å². The van der Waals surface area contributed by atoms with Gasteiger partial charge >= 0.3 is 11.9 Å². The van der Waals surface area contributed by atoms with E-state index in [4.69, 9.17) is 23.7 Å². The summed E-state index contributed by atoms with van der Waals surface area (Å²) in [7, 11) is 9.24. The van der Waals surface area contributed by atoms with E-state index >= 15 is 0 Å². The van der Waals surface area contributed by atoms with Crippen LogP contribution in [0.4, 0.5) is 0 Å². The first-order chi connectivity index (χ1) is 16.8. The molecule has 0 spiro atoms. The van der Waals surface area contributed by atoms with Crippen molar-refractivity contribution in [2.24, 2.45) is 0 Å². The van der Waals surface area contributed by atoms with Crippen LogP contribution in [0, 0.1) is 6.92 Å². The smallest absolute Gasteiger partial charge is 0.327 e. The highest BCUT2D eigenvalue weighted by Gasteiger charge is 2.50. The van der Waals surface area contributed by atoms with Gasteiger partial charge < -0.3 is 28.6 Å². The first kappa shape index (κ1) is 28.0. The second kappa shape index (κ2) is 13.0. The van der Waals surface area contributed by atoms with Gasteiger partial charge in [0.25, 0.3) is 0 Å². The van der Waals surface area contributed by atoms with Gasteiger partial charge in [0, 0.05) is 6.54 Å². The summed E-state index contributed by atoms with van der Waals surface area (Å²) in [6.07, 6.45) is 1.62. The highest BCUT2D eigenvalue weighted by Crippen LogP contribution is 2.38. The van der Waals surface area contributed by atoms with Gasteiger partial charge in [0.05, 0.1) is 35.5 Å². The van der Waals surface area contributed by atoms with Crippen molar-refractivity contribution < 1.29 is 33.3 Å². The number of carbonyl (C=O) groups excluding carboxylic acids is 2. The molecule has 0 N–H and O–H groups in total. The summed E-state index contributed by atoms with van der Waals surface area (Å²) in [5, 5.41) is 0. The van der Waals surface area contributed by atoms with Crippen molar-refractivity contribution in [2.45, 2.75) is 31.6 Å². The third-order valence-corrected chi connectivity index (χ3v) is 6.29. The SMILES string of the molecule is COC(=O)C(CCCN(C)CCc1ccc(C)c(OC)c1)(C(=O)OC)c1ccc(OC)c(OC)c1. The first-order valence-electron chi connectivity index (χ1n) is 11.5. The summed E-state index contributed by atoms with van der Waals surface area (Å²) in [6, 6.07) is 11.2. The van der Waals surface area contributed by atoms with Crippen molar-refractivity contribution in [3.63, 3.8) is 0 Å². The molecule has 0 bridgehead atoms. The van der Waals surface area contributed by atoms with E-state index in [0.717, 1.165) is 24.3 Å². The van der Waals surface area contributed by atoms with E-state index in [-0.39, 0.29) is 6.42 Å². The van der Waals surface area contributed by atoms with Crippen LogP contribution >= 0.6 is 0 Å². The molecule has 0 aromatic heterocycles. The zero-order valence-electron chi connectivity index (χ0n) is 21.8. The first-order valence-corrected chi connectivity index (χ1v) is 11.5. The van der Waals surface area contributed by atoms with E-state index in [9.17, 15) is 9.59 Å². The lowest BCUT2D eigenvalue weighted by molar-refractivity contribution is -0.162.